The number of esters is 1. The molecule has 1 aliphatic heterocycles. The van der Waals surface area contributed by atoms with E-state index >= 15 is 0 Å². The highest BCUT2D eigenvalue weighted by molar-refractivity contribution is 8.18. The van der Waals surface area contributed by atoms with Crippen LogP contribution < -0.4 is 10.5 Å². The summed E-state index contributed by atoms with van der Waals surface area (Å²) in [5.41, 5.74) is 6.80. The summed E-state index contributed by atoms with van der Waals surface area (Å²) in [6, 6.07) is 24.5. The molecule has 0 aromatic heterocycles. The number of hydrogen-bond donors (Lipinski definition) is 1. The zero-order chi connectivity index (χ0) is 21.4. The standard InChI is InChI=1S/C25H16N2O3S/c26-25-27-23(28)22(31-25)14-20-18-10-4-2-7-16(18)12-13-21(20)30-24(29)19-11-5-8-15-6-1-3-9-17(15)19/h1-14H,(H2,26,27,28)/b22-14-. The van der Waals surface area contributed by atoms with Crippen LogP contribution in [0, 0.1) is 0 Å². The molecule has 150 valence electrons. The van der Waals surface area contributed by atoms with Gasteiger partial charge in [-0.2, -0.15) is 4.99 Å². The summed E-state index contributed by atoms with van der Waals surface area (Å²) in [6.07, 6.45) is 1.68. The largest absolute Gasteiger partial charge is 0.422 e. The van der Waals surface area contributed by atoms with Gasteiger partial charge in [-0.15, -0.1) is 0 Å². The molecule has 0 fully saturated rings. The van der Waals surface area contributed by atoms with Gasteiger partial charge in [0.1, 0.15) is 5.75 Å². The molecule has 2 N–H and O–H groups in total. The highest BCUT2D eigenvalue weighted by Crippen LogP contribution is 2.35. The van der Waals surface area contributed by atoms with Gasteiger partial charge < -0.3 is 10.5 Å². The van der Waals surface area contributed by atoms with E-state index in [2.05, 4.69) is 4.99 Å². The number of rotatable bonds is 3. The van der Waals surface area contributed by atoms with E-state index in [-0.39, 0.29) is 5.17 Å². The Labute approximate surface area is 182 Å². The van der Waals surface area contributed by atoms with Crippen LogP contribution in [0.2, 0.25) is 0 Å². The molecule has 0 saturated heterocycles. The maximum atomic E-state index is 13.1. The van der Waals surface area contributed by atoms with E-state index in [1.807, 2.05) is 66.7 Å². The molecule has 1 aliphatic rings. The molecule has 6 heteroatoms. The number of aliphatic imine (C=N–C) groups is 1. The summed E-state index contributed by atoms with van der Waals surface area (Å²) in [5.74, 6) is -0.502. The Hall–Kier alpha value is -3.90. The number of fused-ring (bicyclic) bond motifs is 2. The summed E-state index contributed by atoms with van der Waals surface area (Å²) < 4.78 is 5.85. The Morgan fingerprint density at radius 1 is 0.871 bits per heavy atom. The second-order valence-electron chi connectivity index (χ2n) is 6.98. The van der Waals surface area contributed by atoms with Crippen molar-refractivity contribution in [2.45, 2.75) is 0 Å². The number of thioether (sulfide) groups is 1. The summed E-state index contributed by atoms with van der Waals surface area (Å²) in [6.45, 7) is 0. The van der Waals surface area contributed by atoms with Crippen LogP contribution in [0.3, 0.4) is 0 Å². The summed E-state index contributed by atoms with van der Waals surface area (Å²) in [4.78, 5) is 29.4. The number of nitrogens with two attached hydrogens (primary N) is 1. The number of carbonyl (C=O) groups excluding carboxylic acids is 2. The Bertz CT molecular complexity index is 1430. The number of carbonyl (C=O) groups is 2. The van der Waals surface area contributed by atoms with E-state index in [1.165, 1.54) is 0 Å². The third-order valence-corrected chi connectivity index (χ3v) is 5.87. The Morgan fingerprint density at radius 2 is 1.55 bits per heavy atom. The highest BCUT2D eigenvalue weighted by atomic mass is 32.2. The number of amidine groups is 1. The molecule has 31 heavy (non-hydrogen) atoms. The van der Waals surface area contributed by atoms with Crippen LogP contribution in [0.25, 0.3) is 27.6 Å². The molecule has 5 rings (SSSR count). The van der Waals surface area contributed by atoms with Gasteiger partial charge in [-0.3, -0.25) is 4.79 Å². The van der Waals surface area contributed by atoms with Crippen molar-refractivity contribution in [3.8, 4) is 5.75 Å². The lowest BCUT2D eigenvalue weighted by Gasteiger charge is -2.12. The second-order valence-corrected chi connectivity index (χ2v) is 8.04. The molecule has 0 unspecified atom stereocenters. The van der Waals surface area contributed by atoms with Crippen molar-refractivity contribution < 1.29 is 14.3 Å². The average molecular weight is 424 g/mol. The van der Waals surface area contributed by atoms with Crippen LogP contribution in [0.4, 0.5) is 0 Å². The van der Waals surface area contributed by atoms with Crippen LogP contribution in [0.15, 0.2) is 88.8 Å². The van der Waals surface area contributed by atoms with Gasteiger partial charge >= 0.3 is 5.97 Å². The van der Waals surface area contributed by atoms with Crippen molar-refractivity contribution in [3.05, 3.63) is 94.9 Å². The van der Waals surface area contributed by atoms with E-state index in [1.54, 1.807) is 18.2 Å². The molecule has 4 aromatic rings. The van der Waals surface area contributed by atoms with Gasteiger partial charge in [0, 0.05) is 5.56 Å². The molecule has 0 saturated carbocycles. The number of amides is 1. The fourth-order valence-electron chi connectivity index (χ4n) is 3.63. The smallest absolute Gasteiger partial charge is 0.344 e. The maximum absolute atomic E-state index is 13.1. The summed E-state index contributed by atoms with van der Waals surface area (Å²) in [7, 11) is 0. The molecule has 0 radical (unpaired) electrons. The summed E-state index contributed by atoms with van der Waals surface area (Å²) in [5, 5.41) is 3.79. The lowest BCUT2D eigenvalue weighted by atomic mass is 10.0. The summed E-state index contributed by atoms with van der Waals surface area (Å²) >= 11 is 1.10. The van der Waals surface area contributed by atoms with E-state index < -0.39 is 11.9 Å². The Kier molecular flexibility index (Phi) is 4.76. The number of ether oxygens (including phenoxy) is 1. The molecule has 0 aliphatic carbocycles. The van der Waals surface area contributed by atoms with Gasteiger partial charge in [-0.25, -0.2) is 4.79 Å². The topological polar surface area (TPSA) is 81.8 Å². The third-order valence-electron chi connectivity index (χ3n) is 5.06. The number of nitrogens with zero attached hydrogens (tertiary/aromatic N) is 1. The first-order chi connectivity index (χ1) is 15.1. The minimum Gasteiger partial charge on any atom is -0.422 e. The lowest BCUT2D eigenvalue weighted by molar-refractivity contribution is -0.113. The van der Waals surface area contributed by atoms with Crippen molar-refractivity contribution >= 4 is 56.4 Å². The van der Waals surface area contributed by atoms with Crippen LogP contribution in [0.1, 0.15) is 15.9 Å². The van der Waals surface area contributed by atoms with Crippen molar-refractivity contribution in [2.75, 3.05) is 0 Å². The molecule has 0 spiro atoms. The zero-order valence-corrected chi connectivity index (χ0v) is 17.1. The minimum absolute atomic E-state index is 0.200. The Morgan fingerprint density at radius 3 is 2.29 bits per heavy atom. The van der Waals surface area contributed by atoms with Gasteiger partial charge in [0.25, 0.3) is 5.91 Å². The monoisotopic (exact) mass is 424 g/mol. The molecular formula is C25H16N2O3S. The molecule has 1 heterocycles. The quantitative estimate of drug-likeness (QED) is 0.280. The molecule has 5 nitrogen and oxygen atoms in total. The normalized spacial score (nSPS) is 14.9. The van der Waals surface area contributed by atoms with Gasteiger partial charge in [-0.1, -0.05) is 66.7 Å². The van der Waals surface area contributed by atoms with Crippen LogP contribution >= 0.6 is 11.8 Å². The van der Waals surface area contributed by atoms with Crippen LogP contribution in [-0.4, -0.2) is 17.0 Å². The fourth-order valence-corrected chi connectivity index (χ4v) is 4.29. The zero-order valence-electron chi connectivity index (χ0n) is 16.2. The number of benzene rings is 4. The van der Waals surface area contributed by atoms with E-state index in [0.29, 0.717) is 21.8 Å². The SMILES string of the molecule is NC1=NC(=O)/C(=C/c2c(OC(=O)c3cccc4ccccc34)ccc3ccccc23)S1. The predicted molar refractivity (Wildman–Crippen MR) is 125 cm³/mol. The second kappa shape index (κ2) is 7.74. The minimum atomic E-state index is -0.465. The van der Waals surface area contributed by atoms with Gasteiger partial charge in [-0.05, 0) is 51.5 Å². The van der Waals surface area contributed by atoms with E-state index in [9.17, 15) is 9.59 Å². The first-order valence-electron chi connectivity index (χ1n) is 9.60. The highest BCUT2D eigenvalue weighted by Gasteiger charge is 2.22. The van der Waals surface area contributed by atoms with Crippen LogP contribution in [0.5, 0.6) is 5.75 Å². The molecule has 0 bridgehead atoms. The van der Waals surface area contributed by atoms with E-state index in [4.69, 9.17) is 10.5 Å². The maximum Gasteiger partial charge on any atom is 0.344 e. The Balaban J connectivity index is 1.61. The third kappa shape index (κ3) is 3.58. The number of hydrogen-bond acceptors (Lipinski definition) is 5. The molecule has 1 amide bonds. The van der Waals surface area contributed by atoms with Crippen LogP contribution in [-0.2, 0) is 4.79 Å². The van der Waals surface area contributed by atoms with Crippen molar-refractivity contribution in [1.82, 2.24) is 0 Å². The first kappa shape index (κ1) is 19.1. The molecule has 0 atom stereocenters. The van der Waals surface area contributed by atoms with Gasteiger partial charge in [0.2, 0.25) is 0 Å². The van der Waals surface area contributed by atoms with Crippen molar-refractivity contribution in [3.63, 3.8) is 0 Å². The first-order valence-corrected chi connectivity index (χ1v) is 10.4. The lowest BCUT2D eigenvalue weighted by Crippen LogP contribution is -2.10. The van der Waals surface area contributed by atoms with Crippen molar-refractivity contribution in [2.24, 2.45) is 10.7 Å². The molecular weight excluding hydrogens is 408 g/mol. The predicted octanol–water partition coefficient (Wildman–Crippen LogP) is 5.14. The van der Waals surface area contributed by atoms with Gasteiger partial charge in [0.15, 0.2) is 5.17 Å². The van der Waals surface area contributed by atoms with Gasteiger partial charge in [0.05, 0.1) is 10.5 Å². The van der Waals surface area contributed by atoms with E-state index in [0.717, 1.165) is 33.3 Å². The molecule has 4 aromatic carbocycles. The van der Waals surface area contributed by atoms with Crippen molar-refractivity contribution in [1.29, 1.82) is 0 Å². The fraction of sp³-hybridized carbons (Fsp3) is 0. The average Bonchev–Trinajstić information content (AvgIpc) is 3.11.